The van der Waals surface area contributed by atoms with Crippen LogP contribution < -0.4 is 0 Å². The largest absolute Gasteiger partial charge is 0.414 e. The van der Waals surface area contributed by atoms with E-state index in [0.717, 1.165) is 25.7 Å². The van der Waals surface area contributed by atoms with E-state index in [0.29, 0.717) is 12.5 Å². The Kier molecular flexibility index (Phi) is 8.44. The molecule has 0 bridgehead atoms. The van der Waals surface area contributed by atoms with E-state index >= 15 is 0 Å². The van der Waals surface area contributed by atoms with E-state index in [9.17, 15) is 5.11 Å². The molecule has 0 aliphatic heterocycles. The van der Waals surface area contributed by atoms with Gasteiger partial charge in [0.2, 0.25) is 0 Å². The molecule has 0 aliphatic rings. The average Bonchev–Trinajstić information content (AvgIpc) is 2.25. The van der Waals surface area contributed by atoms with Crippen molar-refractivity contribution < 1.29 is 14.6 Å². The lowest BCUT2D eigenvalue weighted by molar-refractivity contribution is 0.0857. The molecule has 116 valence electrons. The minimum atomic E-state index is -1.63. The summed E-state index contributed by atoms with van der Waals surface area (Å²) in [5, 5.41) is 18.2. The molecule has 4 heteroatoms. The number of unbranched alkanes of at least 4 members (excludes halogenated alkanes) is 2. The van der Waals surface area contributed by atoms with Crippen LogP contribution in [0.5, 0.6) is 0 Å². The van der Waals surface area contributed by atoms with Gasteiger partial charge in [0.05, 0.1) is 12.7 Å². The summed E-state index contributed by atoms with van der Waals surface area (Å²) in [5.74, 6) is 0. The molecule has 0 spiro atoms. The van der Waals surface area contributed by atoms with Crippen LogP contribution in [0.4, 0.5) is 0 Å². The van der Waals surface area contributed by atoms with E-state index in [1.165, 1.54) is 0 Å². The lowest BCUT2D eigenvalue weighted by Crippen LogP contribution is -2.43. The van der Waals surface area contributed by atoms with Crippen LogP contribution in [0.1, 0.15) is 59.8 Å². The van der Waals surface area contributed by atoms with Gasteiger partial charge in [0.25, 0.3) is 0 Å². The van der Waals surface area contributed by atoms with Gasteiger partial charge >= 0.3 is 0 Å². The average molecular weight is 291 g/mol. The van der Waals surface area contributed by atoms with Gasteiger partial charge in [-0.25, -0.2) is 0 Å². The summed E-state index contributed by atoms with van der Waals surface area (Å²) in [4.78, 5) is 0. The first kappa shape index (κ1) is 19.1. The van der Waals surface area contributed by atoms with Crippen LogP contribution in [-0.2, 0) is 4.43 Å². The molecule has 0 fully saturated rings. The Morgan fingerprint density at radius 2 is 1.58 bits per heavy atom. The maximum absolute atomic E-state index is 9.24. The smallest absolute Gasteiger partial charge is 0.192 e. The number of aliphatic hydroxyl groups is 2. The zero-order valence-corrected chi connectivity index (χ0v) is 14.7. The maximum atomic E-state index is 9.24. The van der Waals surface area contributed by atoms with Crippen molar-refractivity contribution in [3.05, 3.63) is 0 Å². The van der Waals surface area contributed by atoms with Gasteiger partial charge in [-0.15, -0.1) is 0 Å². The summed E-state index contributed by atoms with van der Waals surface area (Å²) < 4.78 is 6.30. The Balaban J connectivity index is 3.79. The van der Waals surface area contributed by atoms with Crippen molar-refractivity contribution in [1.82, 2.24) is 0 Å². The number of hydrogen-bond acceptors (Lipinski definition) is 3. The Labute approximate surface area is 120 Å². The predicted octanol–water partition coefficient (Wildman–Crippen LogP) is 3.70. The summed E-state index contributed by atoms with van der Waals surface area (Å²) in [5.41, 5.74) is 0. The first-order valence-corrected chi connectivity index (χ1v) is 10.5. The summed E-state index contributed by atoms with van der Waals surface area (Å²) in [6.07, 6.45) is 4.78. The highest BCUT2D eigenvalue weighted by Crippen LogP contribution is 2.37. The van der Waals surface area contributed by atoms with Gasteiger partial charge in [0, 0.05) is 6.10 Å². The molecule has 0 rings (SSSR count). The first-order chi connectivity index (χ1) is 8.60. The second-order valence-electron chi connectivity index (χ2n) is 7.16. The van der Waals surface area contributed by atoms with Gasteiger partial charge in [-0.05, 0) is 37.9 Å². The van der Waals surface area contributed by atoms with Crippen molar-refractivity contribution in [3.63, 3.8) is 0 Å². The standard InChI is InChI=1S/C15H34O3Si/c1-13(18-19(5,6)15(2,3)4)10-8-7-9-11-14(17)12-16/h13-14,16-17H,7-12H2,1-6H3/t13-,14+/m0/s1. The fraction of sp³-hybridized carbons (Fsp3) is 1.00. The normalized spacial score (nSPS) is 16.4. The zero-order chi connectivity index (χ0) is 15.1. The van der Waals surface area contributed by atoms with Crippen molar-refractivity contribution >= 4 is 8.32 Å². The topological polar surface area (TPSA) is 49.7 Å². The quantitative estimate of drug-likeness (QED) is 0.503. The summed E-state index contributed by atoms with van der Waals surface area (Å²) in [7, 11) is -1.63. The van der Waals surface area contributed by atoms with Gasteiger partial charge in [-0.2, -0.15) is 0 Å². The van der Waals surface area contributed by atoms with E-state index in [-0.39, 0.29) is 11.6 Å². The molecular weight excluding hydrogens is 256 g/mol. The molecule has 0 amide bonds. The Morgan fingerprint density at radius 3 is 2.05 bits per heavy atom. The van der Waals surface area contributed by atoms with Gasteiger partial charge in [-0.1, -0.05) is 40.0 Å². The Morgan fingerprint density at radius 1 is 1.05 bits per heavy atom. The molecule has 0 saturated heterocycles. The molecule has 2 atom stereocenters. The van der Waals surface area contributed by atoms with Gasteiger partial charge in [-0.3, -0.25) is 0 Å². The first-order valence-electron chi connectivity index (χ1n) is 7.57. The molecule has 0 aromatic heterocycles. The minimum absolute atomic E-state index is 0.120. The zero-order valence-electron chi connectivity index (χ0n) is 13.7. The van der Waals surface area contributed by atoms with Crippen LogP contribution in [0.3, 0.4) is 0 Å². The van der Waals surface area contributed by atoms with Crippen LogP contribution in [0.2, 0.25) is 18.1 Å². The van der Waals surface area contributed by atoms with Crippen LogP contribution in [0.25, 0.3) is 0 Å². The van der Waals surface area contributed by atoms with Crippen molar-refractivity contribution in [1.29, 1.82) is 0 Å². The Hall–Kier alpha value is 0.0969. The molecule has 0 aromatic carbocycles. The third-order valence-corrected chi connectivity index (χ3v) is 8.76. The molecule has 0 radical (unpaired) electrons. The van der Waals surface area contributed by atoms with E-state index in [1.54, 1.807) is 0 Å². The van der Waals surface area contributed by atoms with E-state index in [4.69, 9.17) is 9.53 Å². The molecule has 0 aliphatic carbocycles. The molecule has 0 saturated carbocycles. The third kappa shape index (κ3) is 8.08. The summed E-state index contributed by atoms with van der Waals surface area (Å²) in [6.45, 7) is 13.4. The van der Waals surface area contributed by atoms with Crippen LogP contribution >= 0.6 is 0 Å². The molecule has 19 heavy (non-hydrogen) atoms. The number of rotatable bonds is 9. The van der Waals surface area contributed by atoms with E-state index in [1.807, 2.05) is 0 Å². The number of aliphatic hydroxyl groups excluding tert-OH is 2. The van der Waals surface area contributed by atoms with Crippen molar-refractivity contribution in [2.24, 2.45) is 0 Å². The van der Waals surface area contributed by atoms with Crippen LogP contribution in [-0.4, -0.2) is 37.3 Å². The second kappa shape index (κ2) is 8.40. The molecule has 2 N–H and O–H groups in total. The third-order valence-electron chi connectivity index (χ3n) is 4.16. The van der Waals surface area contributed by atoms with E-state index < -0.39 is 14.4 Å². The molecular formula is C15H34O3Si. The van der Waals surface area contributed by atoms with Crippen molar-refractivity contribution in [2.75, 3.05) is 6.61 Å². The SMILES string of the molecule is C[C@@H](CCCCC[C@@H](O)CO)O[Si](C)(C)C(C)(C)C. The highest BCUT2D eigenvalue weighted by Gasteiger charge is 2.38. The van der Waals surface area contributed by atoms with Crippen molar-refractivity contribution in [2.45, 2.75) is 90.1 Å². The fourth-order valence-corrected chi connectivity index (χ4v) is 3.30. The second-order valence-corrected chi connectivity index (χ2v) is 11.9. The highest BCUT2D eigenvalue weighted by molar-refractivity contribution is 6.74. The van der Waals surface area contributed by atoms with Crippen molar-refractivity contribution in [3.8, 4) is 0 Å². The lowest BCUT2D eigenvalue weighted by atomic mass is 10.1. The van der Waals surface area contributed by atoms with Gasteiger partial charge in [0.15, 0.2) is 8.32 Å². The molecule has 0 aromatic rings. The molecule has 0 unspecified atom stereocenters. The monoisotopic (exact) mass is 290 g/mol. The maximum Gasteiger partial charge on any atom is 0.192 e. The minimum Gasteiger partial charge on any atom is -0.414 e. The summed E-state index contributed by atoms with van der Waals surface area (Å²) >= 11 is 0. The van der Waals surface area contributed by atoms with Gasteiger partial charge in [0.1, 0.15) is 0 Å². The molecule has 0 heterocycles. The highest BCUT2D eigenvalue weighted by atomic mass is 28.4. The predicted molar refractivity (Wildman–Crippen MR) is 83.9 cm³/mol. The Bertz CT molecular complexity index is 236. The van der Waals surface area contributed by atoms with Gasteiger partial charge < -0.3 is 14.6 Å². The lowest BCUT2D eigenvalue weighted by Gasteiger charge is -2.38. The van der Waals surface area contributed by atoms with E-state index in [2.05, 4.69) is 40.8 Å². The fourth-order valence-electron chi connectivity index (χ4n) is 1.82. The van der Waals surface area contributed by atoms with Crippen LogP contribution in [0, 0.1) is 0 Å². The summed E-state index contributed by atoms with van der Waals surface area (Å²) in [6, 6.07) is 0. The number of hydrogen-bond donors (Lipinski definition) is 2. The molecule has 3 nitrogen and oxygen atoms in total. The van der Waals surface area contributed by atoms with Crippen LogP contribution in [0.15, 0.2) is 0 Å².